The minimum Gasteiger partial charge on any atom is -0.379 e. The maximum absolute atomic E-state index is 11.8. The first-order chi connectivity index (χ1) is 10.8. The fourth-order valence-corrected chi connectivity index (χ4v) is 3.25. The molecule has 22 heavy (non-hydrogen) atoms. The molecule has 0 aromatic rings. The molecule has 0 aromatic heterocycles. The lowest BCUT2D eigenvalue weighted by molar-refractivity contribution is -0.121. The standard InChI is InChI=1S/C17H33N3O2/c21-17(7-6-12-19-9-3-1-4-10-19)18-8-2-5-11-20-13-15-22-16-14-20/h1-16H2,(H,18,21). The van der Waals surface area contributed by atoms with Crippen LogP contribution in [0.1, 0.15) is 44.9 Å². The molecule has 2 aliphatic rings. The van der Waals surface area contributed by atoms with Crippen molar-refractivity contribution in [2.75, 3.05) is 59.0 Å². The highest BCUT2D eigenvalue weighted by atomic mass is 16.5. The number of carbonyl (C=O) groups is 1. The Kier molecular flexibility index (Phi) is 8.83. The molecule has 2 rings (SSSR count). The Morgan fingerprint density at radius 1 is 0.864 bits per heavy atom. The quantitative estimate of drug-likeness (QED) is 0.655. The second kappa shape index (κ2) is 11.0. The van der Waals surface area contributed by atoms with E-state index in [4.69, 9.17) is 4.74 Å². The smallest absolute Gasteiger partial charge is 0.220 e. The molecule has 0 unspecified atom stereocenters. The summed E-state index contributed by atoms with van der Waals surface area (Å²) in [6.45, 7) is 9.35. The van der Waals surface area contributed by atoms with Gasteiger partial charge in [0.05, 0.1) is 13.2 Å². The monoisotopic (exact) mass is 311 g/mol. The zero-order valence-corrected chi connectivity index (χ0v) is 14.0. The molecule has 2 heterocycles. The maximum atomic E-state index is 11.8. The average molecular weight is 311 g/mol. The topological polar surface area (TPSA) is 44.8 Å². The van der Waals surface area contributed by atoms with Crippen LogP contribution in [0, 0.1) is 0 Å². The molecular formula is C17H33N3O2. The molecule has 0 radical (unpaired) electrons. The summed E-state index contributed by atoms with van der Waals surface area (Å²) < 4.78 is 5.34. The molecule has 5 heteroatoms. The van der Waals surface area contributed by atoms with E-state index in [2.05, 4.69) is 15.1 Å². The minimum absolute atomic E-state index is 0.225. The van der Waals surface area contributed by atoms with Gasteiger partial charge in [-0.25, -0.2) is 0 Å². The van der Waals surface area contributed by atoms with Crippen LogP contribution >= 0.6 is 0 Å². The van der Waals surface area contributed by atoms with Crippen LogP contribution in [0.5, 0.6) is 0 Å². The van der Waals surface area contributed by atoms with Crippen LogP contribution in [0.4, 0.5) is 0 Å². The number of amides is 1. The first-order valence-corrected chi connectivity index (χ1v) is 9.14. The SMILES string of the molecule is O=C(CCCN1CCCCC1)NCCCCN1CCOCC1. The Labute approximate surface area is 135 Å². The molecule has 2 saturated heterocycles. The van der Waals surface area contributed by atoms with Crippen LogP contribution in [0.2, 0.25) is 0 Å². The summed E-state index contributed by atoms with van der Waals surface area (Å²) in [5, 5.41) is 3.06. The van der Waals surface area contributed by atoms with Crippen LogP contribution in [-0.4, -0.2) is 74.7 Å². The van der Waals surface area contributed by atoms with Crippen LogP contribution in [-0.2, 0) is 9.53 Å². The van der Waals surface area contributed by atoms with Gasteiger partial charge in [0, 0.05) is 26.1 Å². The molecule has 0 aromatic carbocycles. The van der Waals surface area contributed by atoms with Gasteiger partial charge in [0.15, 0.2) is 0 Å². The van der Waals surface area contributed by atoms with Crippen molar-refractivity contribution in [1.82, 2.24) is 15.1 Å². The predicted octanol–water partition coefficient (Wildman–Crippen LogP) is 1.48. The molecule has 5 nitrogen and oxygen atoms in total. The van der Waals surface area contributed by atoms with E-state index in [0.717, 1.165) is 65.2 Å². The number of ether oxygens (including phenoxy) is 1. The van der Waals surface area contributed by atoms with E-state index in [1.165, 1.54) is 32.4 Å². The maximum Gasteiger partial charge on any atom is 0.220 e. The van der Waals surface area contributed by atoms with Gasteiger partial charge in [-0.15, -0.1) is 0 Å². The van der Waals surface area contributed by atoms with Gasteiger partial charge in [0.2, 0.25) is 5.91 Å². The highest BCUT2D eigenvalue weighted by Gasteiger charge is 2.11. The largest absolute Gasteiger partial charge is 0.379 e. The number of unbranched alkanes of at least 4 members (excludes halogenated alkanes) is 1. The van der Waals surface area contributed by atoms with Gasteiger partial charge in [0.1, 0.15) is 0 Å². The number of rotatable bonds is 9. The Hall–Kier alpha value is -0.650. The number of carbonyl (C=O) groups excluding carboxylic acids is 1. The second-order valence-corrected chi connectivity index (χ2v) is 6.52. The Balaban J connectivity index is 1.39. The van der Waals surface area contributed by atoms with E-state index in [1.54, 1.807) is 0 Å². The van der Waals surface area contributed by atoms with Crippen molar-refractivity contribution in [2.45, 2.75) is 44.9 Å². The average Bonchev–Trinajstić information content (AvgIpc) is 2.56. The van der Waals surface area contributed by atoms with Gasteiger partial charge >= 0.3 is 0 Å². The molecule has 128 valence electrons. The second-order valence-electron chi connectivity index (χ2n) is 6.52. The Bertz CT molecular complexity index is 300. The molecule has 2 fully saturated rings. The van der Waals surface area contributed by atoms with E-state index in [-0.39, 0.29) is 5.91 Å². The molecule has 0 spiro atoms. The summed E-state index contributed by atoms with van der Waals surface area (Å²) in [5.74, 6) is 0.225. The highest BCUT2D eigenvalue weighted by molar-refractivity contribution is 5.75. The van der Waals surface area contributed by atoms with Gasteiger partial charge in [0.25, 0.3) is 0 Å². The van der Waals surface area contributed by atoms with E-state index in [1.807, 2.05) is 0 Å². The summed E-state index contributed by atoms with van der Waals surface area (Å²) in [6.07, 6.45) is 7.95. The predicted molar refractivity (Wildman–Crippen MR) is 89.0 cm³/mol. The Morgan fingerprint density at radius 2 is 1.55 bits per heavy atom. The van der Waals surface area contributed by atoms with Crippen molar-refractivity contribution in [3.63, 3.8) is 0 Å². The van der Waals surface area contributed by atoms with E-state index in [9.17, 15) is 4.79 Å². The highest BCUT2D eigenvalue weighted by Crippen LogP contribution is 2.09. The number of likely N-dealkylation sites (tertiary alicyclic amines) is 1. The van der Waals surface area contributed by atoms with Gasteiger partial charge < -0.3 is 15.0 Å². The third kappa shape index (κ3) is 7.56. The zero-order chi connectivity index (χ0) is 15.5. The number of nitrogens with one attached hydrogen (secondary N) is 1. The van der Waals surface area contributed by atoms with E-state index in [0.29, 0.717) is 6.42 Å². The molecule has 1 N–H and O–H groups in total. The molecule has 0 aliphatic carbocycles. The lowest BCUT2D eigenvalue weighted by atomic mass is 10.1. The summed E-state index contributed by atoms with van der Waals surface area (Å²) >= 11 is 0. The lowest BCUT2D eigenvalue weighted by Crippen LogP contribution is -2.37. The molecule has 2 aliphatic heterocycles. The number of morpholine rings is 1. The third-order valence-corrected chi connectivity index (χ3v) is 4.65. The van der Waals surface area contributed by atoms with Crippen molar-refractivity contribution in [1.29, 1.82) is 0 Å². The molecule has 1 amide bonds. The van der Waals surface area contributed by atoms with Crippen molar-refractivity contribution in [2.24, 2.45) is 0 Å². The summed E-state index contributed by atoms with van der Waals surface area (Å²) in [5.41, 5.74) is 0. The van der Waals surface area contributed by atoms with Crippen LogP contribution < -0.4 is 5.32 Å². The number of nitrogens with zero attached hydrogens (tertiary/aromatic N) is 2. The third-order valence-electron chi connectivity index (χ3n) is 4.65. The zero-order valence-electron chi connectivity index (χ0n) is 14.0. The number of hydrogen-bond donors (Lipinski definition) is 1. The molecule has 0 bridgehead atoms. The Morgan fingerprint density at radius 3 is 2.32 bits per heavy atom. The number of hydrogen-bond acceptors (Lipinski definition) is 4. The minimum atomic E-state index is 0.225. The fraction of sp³-hybridized carbons (Fsp3) is 0.941. The molecule has 0 atom stereocenters. The lowest BCUT2D eigenvalue weighted by Gasteiger charge is -2.26. The van der Waals surface area contributed by atoms with Crippen molar-refractivity contribution >= 4 is 5.91 Å². The van der Waals surface area contributed by atoms with Crippen molar-refractivity contribution < 1.29 is 9.53 Å². The fourth-order valence-electron chi connectivity index (χ4n) is 3.25. The molecule has 0 saturated carbocycles. The van der Waals surface area contributed by atoms with Crippen LogP contribution in [0.15, 0.2) is 0 Å². The summed E-state index contributed by atoms with van der Waals surface area (Å²) in [7, 11) is 0. The van der Waals surface area contributed by atoms with Gasteiger partial charge in [-0.2, -0.15) is 0 Å². The summed E-state index contributed by atoms with van der Waals surface area (Å²) in [4.78, 5) is 16.7. The molecular weight excluding hydrogens is 278 g/mol. The van der Waals surface area contributed by atoms with Gasteiger partial charge in [-0.1, -0.05) is 6.42 Å². The van der Waals surface area contributed by atoms with Gasteiger partial charge in [-0.3, -0.25) is 9.69 Å². The normalized spacial score (nSPS) is 20.9. The van der Waals surface area contributed by atoms with Gasteiger partial charge in [-0.05, 0) is 58.3 Å². The first kappa shape index (κ1) is 17.7. The summed E-state index contributed by atoms with van der Waals surface area (Å²) in [6, 6.07) is 0. The van der Waals surface area contributed by atoms with Crippen LogP contribution in [0.25, 0.3) is 0 Å². The van der Waals surface area contributed by atoms with E-state index >= 15 is 0 Å². The van der Waals surface area contributed by atoms with Crippen molar-refractivity contribution in [3.05, 3.63) is 0 Å². The van der Waals surface area contributed by atoms with E-state index < -0.39 is 0 Å². The number of piperidine rings is 1. The first-order valence-electron chi connectivity index (χ1n) is 9.14. The van der Waals surface area contributed by atoms with Crippen LogP contribution in [0.3, 0.4) is 0 Å². The van der Waals surface area contributed by atoms with Crippen molar-refractivity contribution in [3.8, 4) is 0 Å².